The van der Waals surface area contributed by atoms with Crippen LogP contribution in [0.1, 0.15) is 39.0 Å². The molecule has 1 saturated carbocycles. The third-order valence-electron chi connectivity index (χ3n) is 4.66. The number of nitrogens with zero attached hydrogens (tertiary/aromatic N) is 2. The largest absolute Gasteiger partial charge is 0.320 e. The lowest BCUT2D eigenvalue weighted by Crippen LogP contribution is -2.46. The maximum Gasteiger partial charge on any atom is 0.0238 e. The molecule has 106 valence electrons. The van der Waals surface area contributed by atoms with Crippen molar-refractivity contribution in [1.82, 2.24) is 15.1 Å². The third kappa shape index (κ3) is 3.69. The molecule has 2 unspecified atom stereocenters. The Morgan fingerprint density at radius 2 is 1.83 bits per heavy atom. The van der Waals surface area contributed by atoms with Gasteiger partial charge in [-0.25, -0.2) is 0 Å². The molecular formula is C15H31N3. The van der Waals surface area contributed by atoms with Gasteiger partial charge in [-0.2, -0.15) is 0 Å². The summed E-state index contributed by atoms with van der Waals surface area (Å²) in [5, 5.41) is 3.33. The lowest BCUT2D eigenvalue weighted by molar-refractivity contribution is 0.119. The van der Waals surface area contributed by atoms with E-state index in [0.29, 0.717) is 0 Å². The fourth-order valence-corrected chi connectivity index (χ4v) is 3.89. The van der Waals surface area contributed by atoms with E-state index < -0.39 is 0 Å². The van der Waals surface area contributed by atoms with E-state index in [1.165, 1.54) is 51.7 Å². The van der Waals surface area contributed by atoms with Crippen molar-refractivity contribution in [1.29, 1.82) is 0 Å². The van der Waals surface area contributed by atoms with Crippen LogP contribution < -0.4 is 5.32 Å². The first kappa shape index (κ1) is 14.3. The number of hydrogen-bond donors (Lipinski definition) is 1. The second-order valence-corrected chi connectivity index (χ2v) is 6.51. The van der Waals surface area contributed by atoms with E-state index in [1.807, 2.05) is 0 Å². The number of hydrogen-bond acceptors (Lipinski definition) is 3. The lowest BCUT2D eigenvalue weighted by Gasteiger charge is -2.36. The summed E-state index contributed by atoms with van der Waals surface area (Å²) in [6.45, 7) is 7.39. The van der Waals surface area contributed by atoms with Gasteiger partial charge in [0.15, 0.2) is 0 Å². The molecule has 0 amide bonds. The molecule has 0 aromatic heterocycles. The summed E-state index contributed by atoms with van der Waals surface area (Å²) in [7, 11) is 4.37. The Kier molecular flexibility index (Phi) is 5.46. The Labute approximate surface area is 113 Å². The second kappa shape index (κ2) is 6.88. The topological polar surface area (TPSA) is 18.5 Å². The van der Waals surface area contributed by atoms with E-state index in [0.717, 1.165) is 24.5 Å². The van der Waals surface area contributed by atoms with Gasteiger partial charge in [0.25, 0.3) is 0 Å². The predicted octanol–water partition coefficient (Wildman–Crippen LogP) is 1.79. The Hall–Kier alpha value is -0.120. The predicted molar refractivity (Wildman–Crippen MR) is 78.0 cm³/mol. The highest BCUT2D eigenvalue weighted by Crippen LogP contribution is 2.28. The van der Waals surface area contributed by atoms with Gasteiger partial charge in [0.1, 0.15) is 0 Å². The first-order valence-electron chi connectivity index (χ1n) is 7.79. The normalized spacial score (nSPS) is 32.8. The molecule has 0 radical (unpaired) electrons. The quantitative estimate of drug-likeness (QED) is 0.824. The van der Waals surface area contributed by atoms with Gasteiger partial charge in [-0.1, -0.05) is 19.8 Å². The molecule has 0 bridgehead atoms. The molecule has 1 N–H and O–H groups in total. The van der Waals surface area contributed by atoms with E-state index in [1.54, 1.807) is 0 Å². The SMILES string of the molecule is CNCCC1CN(C)CC(C)CN1C1CCCC1. The third-order valence-corrected chi connectivity index (χ3v) is 4.66. The molecule has 1 heterocycles. The molecule has 2 fully saturated rings. The Bertz CT molecular complexity index is 238. The standard InChI is InChI=1S/C15H31N3/c1-13-10-17(3)12-15(8-9-16-2)18(11-13)14-6-4-5-7-14/h13-16H,4-12H2,1-3H3. The van der Waals surface area contributed by atoms with Crippen LogP contribution in [0.25, 0.3) is 0 Å². The van der Waals surface area contributed by atoms with Crippen LogP contribution >= 0.6 is 0 Å². The van der Waals surface area contributed by atoms with Crippen molar-refractivity contribution >= 4 is 0 Å². The molecule has 1 saturated heterocycles. The summed E-state index contributed by atoms with van der Waals surface area (Å²) in [5.74, 6) is 0.815. The van der Waals surface area contributed by atoms with E-state index in [-0.39, 0.29) is 0 Å². The highest BCUT2D eigenvalue weighted by atomic mass is 15.3. The van der Waals surface area contributed by atoms with Gasteiger partial charge in [0, 0.05) is 31.7 Å². The minimum Gasteiger partial charge on any atom is -0.320 e. The maximum atomic E-state index is 3.33. The Balaban J connectivity index is 2.02. The lowest BCUT2D eigenvalue weighted by atomic mass is 10.1. The Morgan fingerprint density at radius 1 is 1.11 bits per heavy atom. The van der Waals surface area contributed by atoms with Gasteiger partial charge in [0.2, 0.25) is 0 Å². The minimum atomic E-state index is 0.760. The monoisotopic (exact) mass is 253 g/mol. The molecule has 0 spiro atoms. The average Bonchev–Trinajstić information content (AvgIpc) is 2.80. The van der Waals surface area contributed by atoms with E-state index in [9.17, 15) is 0 Å². The van der Waals surface area contributed by atoms with Crippen LogP contribution in [0, 0.1) is 5.92 Å². The van der Waals surface area contributed by atoms with Crippen molar-refractivity contribution in [3.63, 3.8) is 0 Å². The first-order valence-corrected chi connectivity index (χ1v) is 7.79. The summed E-state index contributed by atoms with van der Waals surface area (Å²) < 4.78 is 0. The van der Waals surface area contributed by atoms with Gasteiger partial charge in [-0.3, -0.25) is 4.90 Å². The van der Waals surface area contributed by atoms with Crippen LogP contribution in [0.4, 0.5) is 0 Å². The smallest absolute Gasteiger partial charge is 0.0238 e. The summed E-state index contributed by atoms with van der Waals surface area (Å²) in [5.41, 5.74) is 0. The molecule has 2 atom stereocenters. The fraction of sp³-hybridized carbons (Fsp3) is 1.00. The molecule has 1 aliphatic heterocycles. The van der Waals surface area contributed by atoms with Crippen LogP contribution in [-0.2, 0) is 0 Å². The number of rotatable bonds is 4. The van der Waals surface area contributed by atoms with E-state index in [4.69, 9.17) is 0 Å². The van der Waals surface area contributed by atoms with Crippen molar-refractivity contribution in [2.24, 2.45) is 5.92 Å². The summed E-state index contributed by atoms with van der Waals surface area (Å²) >= 11 is 0. The first-order chi connectivity index (χ1) is 8.70. The zero-order valence-electron chi connectivity index (χ0n) is 12.5. The van der Waals surface area contributed by atoms with Crippen molar-refractivity contribution in [3.05, 3.63) is 0 Å². The minimum absolute atomic E-state index is 0.760. The van der Waals surface area contributed by atoms with Crippen LogP contribution in [0.2, 0.25) is 0 Å². The van der Waals surface area contributed by atoms with Gasteiger partial charge >= 0.3 is 0 Å². The molecule has 3 nitrogen and oxygen atoms in total. The van der Waals surface area contributed by atoms with Crippen molar-refractivity contribution in [3.8, 4) is 0 Å². The van der Waals surface area contributed by atoms with Gasteiger partial charge in [-0.15, -0.1) is 0 Å². The second-order valence-electron chi connectivity index (χ2n) is 6.51. The van der Waals surface area contributed by atoms with Crippen molar-refractivity contribution < 1.29 is 0 Å². The van der Waals surface area contributed by atoms with E-state index in [2.05, 4.69) is 36.1 Å². The molecule has 2 aliphatic rings. The number of likely N-dealkylation sites (N-methyl/N-ethyl adjacent to an activating group) is 1. The van der Waals surface area contributed by atoms with Crippen molar-refractivity contribution in [2.45, 2.75) is 51.1 Å². The molecule has 2 rings (SSSR count). The maximum absolute atomic E-state index is 3.33. The summed E-state index contributed by atoms with van der Waals surface area (Å²) in [4.78, 5) is 5.40. The van der Waals surface area contributed by atoms with Crippen LogP contribution in [0.5, 0.6) is 0 Å². The molecule has 0 aromatic rings. The highest BCUT2D eigenvalue weighted by molar-refractivity contribution is 4.88. The van der Waals surface area contributed by atoms with Crippen LogP contribution in [-0.4, -0.2) is 62.2 Å². The van der Waals surface area contributed by atoms with E-state index >= 15 is 0 Å². The zero-order chi connectivity index (χ0) is 13.0. The molecule has 18 heavy (non-hydrogen) atoms. The molecule has 3 heteroatoms. The van der Waals surface area contributed by atoms with Gasteiger partial charge in [0.05, 0.1) is 0 Å². The molecule has 1 aliphatic carbocycles. The fourth-order valence-electron chi connectivity index (χ4n) is 3.89. The average molecular weight is 253 g/mol. The molecular weight excluding hydrogens is 222 g/mol. The van der Waals surface area contributed by atoms with Gasteiger partial charge in [-0.05, 0) is 45.8 Å². The highest BCUT2D eigenvalue weighted by Gasteiger charge is 2.32. The summed E-state index contributed by atoms with van der Waals surface area (Å²) in [6, 6.07) is 1.64. The van der Waals surface area contributed by atoms with Gasteiger partial charge < -0.3 is 10.2 Å². The van der Waals surface area contributed by atoms with Crippen molar-refractivity contribution in [2.75, 3.05) is 40.3 Å². The van der Waals surface area contributed by atoms with Crippen LogP contribution in [0.15, 0.2) is 0 Å². The zero-order valence-corrected chi connectivity index (χ0v) is 12.5. The molecule has 0 aromatic carbocycles. The Morgan fingerprint density at radius 3 is 2.50 bits per heavy atom. The van der Waals surface area contributed by atoms with Crippen LogP contribution in [0.3, 0.4) is 0 Å². The number of nitrogens with one attached hydrogen (secondary N) is 1. The summed E-state index contributed by atoms with van der Waals surface area (Å²) in [6.07, 6.45) is 7.07.